The second-order valence-corrected chi connectivity index (χ2v) is 9.43. The number of nitrogens with zero attached hydrogens (tertiary/aromatic N) is 1. The number of ether oxygens (including phenoxy) is 2. The van der Waals surface area contributed by atoms with Gasteiger partial charge in [0.05, 0.1) is 26.3 Å². The zero-order chi connectivity index (χ0) is 23.9. The molecule has 0 bridgehead atoms. The number of thiophene rings is 1. The van der Waals surface area contributed by atoms with Crippen molar-refractivity contribution in [1.29, 1.82) is 0 Å². The molecule has 1 saturated carbocycles. The highest BCUT2D eigenvalue weighted by molar-refractivity contribution is 7.10. The standard InChI is InChI=1S/C27H30N2O4S/c1-32-22-15-21(16-23(17-22)33-2)29(25(30)18-24-13-8-14-34-24)26(19-9-4-3-5-10-19)27(31)28-20-11-6-7-12-20/h3-5,8-10,13-17,20,26H,6-7,11-12,18H2,1-2H3,(H,28,31)/t26-/m1/s1. The van der Waals surface area contributed by atoms with Gasteiger partial charge in [0.15, 0.2) is 0 Å². The molecule has 2 amide bonds. The quantitative estimate of drug-likeness (QED) is 0.462. The number of anilines is 1. The van der Waals surface area contributed by atoms with Gasteiger partial charge in [0, 0.05) is 29.1 Å². The molecule has 2 aromatic carbocycles. The Hall–Kier alpha value is -3.32. The molecule has 6 nitrogen and oxygen atoms in total. The number of hydrogen-bond donors (Lipinski definition) is 1. The van der Waals surface area contributed by atoms with Gasteiger partial charge in [0.25, 0.3) is 0 Å². The highest BCUT2D eigenvalue weighted by Gasteiger charge is 2.34. The van der Waals surface area contributed by atoms with Crippen molar-refractivity contribution >= 4 is 28.8 Å². The largest absolute Gasteiger partial charge is 0.497 e. The van der Waals surface area contributed by atoms with Crippen molar-refractivity contribution in [3.63, 3.8) is 0 Å². The van der Waals surface area contributed by atoms with Gasteiger partial charge in [-0.05, 0) is 29.9 Å². The van der Waals surface area contributed by atoms with Crippen molar-refractivity contribution in [2.24, 2.45) is 0 Å². The van der Waals surface area contributed by atoms with Crippen molar-refractivity contribution in [1.82, 2.24) is 5.32 Å². The number of rotatable bonds is 9. The number of benzene rings is 2. The monoisotopic (exact) mass is 478 g/mol. The van der Waals surface area contributed by atoms with E-state index >= 15 is 0 Å². The first-order valence-electron chi connectivity index (χ1n) is 11.5. The first kappa shape index (κ1) is 23.8. The summed E-state index contributed by atoms with van der Waals surface area (Å²) in [4.78, 5) is 30.1. The Kier molecular flexibility index (Phi) is 7.85. The van der Waals surface area contributed by atoms with Crippen LogP contribution in [0.1, 0.15) is 42.2 Å². The van der Waals surface area contributed by atoms with E-state index in [1.54, 1.807) is 37.3 Å². The lowest BCUT2D eigenvalue weighted by molar-refractivity contribution is -0.127. The maximum absolute atomic E-state index is 13.8. The average molecular weight is 479 g/mol. The van der Waals surface area contributed by atoms with Crippen molar-refractivity contribution in [3.05, 3.63) is 76.5 Å². The molecule has 1 aliphatic rings. The molecule has 7 heteroatoms. The van der Waals surface area contributed by atoms with Gasteiger partial charge in [0.1, 0.15) is 17.5 Å². The number of methoxy groups -OCH3 is 2. The summed E-state index contributed by atoms with van der Waals surface area (Å²) in [6, 6.07) is 17.9. The smallest absolute Gasteiger partial charge is 0.248 e. The summed E-state index contributed by atoms with van der Waals surface area (Å²) < 4.78 is 10.9. The highest BCUT2D eigenvalue weighted by atomic mass is 32.1. The summed E-state index contributed by atoms with van der Waals surface area (Å²) >= 11 is 1.52. The predicted octanol–water partition coefficient (Wildman–Crippen LogP) is 5.14. The van der Waals surface area contributed by atoms with Crippen LogP contribution in [0.3, 0.4) is 0 Å². The molecule has 1 N–H and O–H groups in total. The number of amides is 2. The van der Waals surface area contributed by atoms with Gasteiger partial charge in [-0.25, -0.2) is 0 Å². The molecule has 1 heterocycles. The molecule has 4 rings (SSSR count). The van der Waals surface area contributed by atoms with Gasteiger partial charge in [-0.2, -0.15) is 0 Å². The van der Waals surface area contributed by atoms with Crippen LogP contribution in [0.25, 0.3) is 0 Å². The molecule has 0 saturated heterocycles. The van der Waals surface area contributed by atoms with Crippen LogP contribution in [0, 0.1) is 0 Å². The minimum absolute atomic E-state index is 0.132. The third kappa shape index (κ3) is 5.59. The maximum Gasteiger partial charge on any atom is 0.248 e. The zero-order valence-electron chi connectivity index (χ0n) is 19.5. The van der Waals surface area contributed by atoms with Gasteiger partial charge >= 0.3 is 0 Å². The molecular weight excluding hydrogens is 448 g/mol. The van der Waals surface area contributed by atoms with Crippen LogP contribution in [0.4, 0.5) is 5.69 Å². The molecule has 0 spiro atoms. The molecule has 1 atom stereocenters. The van der Waals surface area contributed by atoms with E-state index in [1.165, 1.54) is 11.3 Å². The van der Waals surface area contributed by atoms with Crippen molar-refractivity contribution in [2.75, 3.05) is 19.1 Å². The number of nitrogens with one attached hydrogen (secondary N) is 1. The SMILES string of the molecule is COc1cc(OC)cc(N(C(=O)Cc2cccs2)[C@@H](C(=O)NC2CCCC2)c2ccccc2)c1. The normalized spacial score (nSPS) is 14.4. The summed E-state index contributed by atoms with van der Waals surface area (Å²) in [5.41, 5.74) is 1.30. The molecule has 178 valence electrons. The van der Waals surface area contributed by atoms with Crippen LogP contribution in [-0.2, 0) is 16.0 Å². The van der Waals surface area contributed by atoms with Crippen LogP contribution < -0.4 is 19.7 Å². The summed E-state index contributed by atoms with van der Waals surface area (Å²) in [5, 5.41) is 5.15. The van der Waals surface area contributed by atoms with Crippen molar-refractivity contribution in [2.45, 2.75) is 44.2 Å². The third-order valence-corrected chi connectivity index (χ3v) is 6.99. The first-order chi connectivity index (χ1) is 16.6. The Morgan fingerprint density at radius 2 is 1.68 bits per heavy atom. The second-order valence-electron chi connectivity index (χ2n) is 8.39. The van der Waals surface area contributed by atoms with Crippen LogP contribution in [0.15, 0.2) is 66.0 Å². The molecule has 34 heavy (non-hydrogen) atoms. The van der Waals surface area contributed by atoms with E-state index in [4.69, 9.17) is 9.47 Å². The van der Waals surface area contributed by atoms with E-state index in [9.17, 15) is 9.59 Å². The average Bonchev–Trinajstić information content (AvgIpc) is 3.57. The molecule has 1 aromatic heterocycles. The van der Waals surface area contributed by atoms with Crippen LogP contribution in [0.5, 0.6) is 11.5 Å². The van der Waals surface area contributed by atoms with E-state index in [1.807, 2.05) is 47.8 Å². The number of carbonyl (C=O) groups excluding carboxylic acids is 2. The van der Waals surface area contributed by atoms with E-state index < -0.39 is 6.04 Å². The molecule has 3 aromatic rings. The summed E-state index contributed by atoms with van der Waals surface area (Å²) in [6.07, 6.45) is 4.33. The Morgan fingerprint density at radius 1 is 1.00 bits per heavy atom. The van der Waals surface area contributed by atoms with Crippen LogP contribution in [-0.4, -0.2) is 32.1 Å². The van der Waals surface area contributed by atoms with Gasteiger partial charge in [-0.3, -0.25) is 14.5 Å². The fraction of sp³-hybridized carbons (Fsp3) is 0.333. The predicted molar refractivity (Wildman–Crippen MR) is 135 cm³/mol. The zero-order valence-corrected chi connectivity index (χ0v) is 20.3. The fourth-order valence-corrected chi connectivity index (χ4v) is 5.12. The minimum atomic E-state index is -0.828. The van der Waals surface area contributed by atoms with E-state index in [2.05, 4.69) is 5.32 Å². The lowest BCUT2D eigenvalue weighted by Gasteiger charge is -2.32. The Balaban J connectivity index is 1.80. The van der Waals surface area contributed by atoms with E-state index in [-0.39, 0.29) is 24.3 Å². The molecule has 1 aliphatic carbocycles. The first-order valence-corrected chi connectivity index (χ1v) is 12.4. The topological polar surface area (TPSA) is 67.9 Å². The van der Waals surface area contributed by atoms with Gasteiger partial charge < -0.3 is 14.8 Å². The third-order valence-electron chi connectivity index (χ3n) is 6.11. The van der Waals surface area contributed by atoms with Crippen LogP contribution in [0.2, 0.25) is 0 Å². The van der Waals surface area contributed by atoms with Gasteiger partial charge in [-0.1, -0.05) is 49.2 Å². The highest BCUT2D eigenvalue weighted by Crippen LogP contribution is 2.35. The van der Waals surface area contributed by atoms with E-state index in [0.29, 0.717) is 17.2 Å². The summed E-state index contributed by atoms with van der Waals surface area (Å²) in [7, 11) is 3.13. The number of hydrogen-bond acceptors (Lipinski definition) is 5. The Labute approximate surface area is 204 Å². The van der Waals surface area contributed by atoms with Gasteiger partial charge in [-0.15, -0.1) is 11.3 Å². The fourth-order valence-electron chi connectivity index (χ4n) is 4.42. The molecule has 0 aliphatic heterocycles. The Morgan fingerprint density at radius 3 is 2.26 bits per heavy atom. The number of carbonyl (C=O) groups is 2. The van der Waals surface area contributed by atoms with E-state index in [0.717, 1.165) is 36.1 Å². The molecule has 1 fully saturated rings. The molecule has 0 radical (unpaired) electrons. The summed E-state index contributed by atoms with van der Waals surface area (Å²) in [6.45, 7) is 0. The lowest BCUT2D eigenvalue weighted by Crippen LogP contribution is -2.46. The Bertz CT molecular complexity index is 1070. The lowest BCUT2D eigenvalue weighted by atomic mass is 10.0. The van der Waals surface area contributed by atoms with Crippen LogP contribution >= 0.6 is 11.3 Å². The molecular formula is C27H30N2O4S. The second kappa shape index (κ2) is 11.2. The van der Waals surface area contributed by atoms with Crippen molar-refractivity contribution in [3.8, 4) is 11.5 Å². The summed E-state index contributed by atoms with van der Waals surface area (Å²) in [5.74, 6) is 0.741. The molecule has 0 unspecified atom stereocenters. The van der Waals surface area contributed by atoms with Crippen molar-refractivity contribution < 1.29 is 19.1 Å². The minimum Gasteiger partial charge on any atom is -0.497 e. The van der Waals surface area contributed by atoms with Gasteiger partial charge in [0.2, 0.25) is 11.8 Å². The maximum atomic E-state index is 13.8.